The van der Waals surface area contributed by atoms with Crippen LogP contribution in [0.2, 0.25) is 0 Å². The minimum Gasteiger partial charge on any atom is -0.370 e. The summed E-state index contributed by atoms with van der Waals surface area (Å²) in [5.74, 6) is 1.28. The highest BCUT2D eigenvalue weighted by Gasteiger charge is 2.28. The summed E-state index contributed by atoms with van der Waals surface area (Å²) in [6.45, 7) is 5.63. The summed E-state index contributed by atoms with van der Waals surface area (Å²) < 4.78 is 11.1. The van der Waals surface area contributed by atoms with Crippen molar-refractivity contribution in [3.63, 3.8) is 0 Å². The Bertz CT molecular complexity index is 566. The SMILES string of the molecule is CCOC(CC)c1noc(C2NCCc3sccc32)n1. The third kappa shape index (κ3) is 2.51. The van der Waals surface area contributed by atoms with Crippen LogP contribution in [-0.2, 0) is 11.2 Å². The average Bonchev–Trinajstić information content (AvgIpc) is 3.12. The Labute approximate surface area is 122 Å². The third-order valence-corrected chi connectivity index (χ3v) is 4.52. The van der Waals surface area contributed by atoms with E-state index in [2.05, 4.69) is 33.8 Å². The summed E-state index contributed by atoms with van der Waals surface area (Å²) >= 11 is 1.79. The molecule has 0 amide bonds. The van der Waals surface area contributed by atoms with E-state index in [-0.39, 0.29) is 12.1 Å². The highest BCUT2D eigenvalue weighted by Crippen LogP contribution is 2.32. The van der Waals surface area contributed by atoms with Gasteiger partial charge in [0.15, 0.2) is 0 Å². The van der Waals surface area contributed by atoms with Crippen molar-refractivity contribution in [3.8, 4) is 0 Å². The lowest BCUT2D eigenvalue weighted by Gasteiger charge is -2.20. The number of nitrogens with one attached hydrogen (secondary N) is 1. The van der Waals surface area contributed by atoms with E-state index >= 15 is 0 Å². The molecule has 0 radical (unpaired) electrons. The van der Waals surface area contributed by atoms with Gasteiger partial charge in [-0.1, -0.05) is 12.1 Å². The van der Waals surface area contributed by atoms with Crippen molar-refractivity contribution in [2.45, 2.75) is 38.8 Å². The van der Waals surface area contributed by atoms with Crippen molar-refractivity contribution >= 4 is 11.3 Å². The normalized spacial score (nSPS) is 19.8. The fourth-order valence-corrected chi connectivity index (χ4v) is 3.46. The Morgan fingerprint density at radius 3 is 3.25 bits per heavy atom. The Hall–Kier alpha value is -1.24. The maximum atomic E-state index is 5.63. The van der Waals surface area contributed by atoms with Crippen molar-refractivity contribution in [1.82, 2.24) is 15.5 Å². The van der Waals surface area contributed by atoms with Crippen LogP contribution in [0.1, 0.15) is 54.6 Å². The topological polar surface area (TPSA) is 60.2 Å². The van der Waals surface area contributed by atoms with E-state index in [4.69, 9.17) is 9.26 Å². The minimum absolute atomic E-state index is 0.0189. The monoisotopic (exact) mass is 293 g/mol. The second-order valence-corrected chi connectivity index (χ2v) is 5.78. The number of thiophene rings is 1. The minimum atomic E-state index is -0.0805. The van der Waals surface area contributed by atoms with E-state index in [1.165, 1.54) is 10.4 Å². The largest absolute Gasteiger partial charge is 0.370 e. The fourth-order valence-electron chi connectivity index (χ4n) is 2.54. The summed E-state index contributed by atoms with van der Waals surface area (Å²) in [6, 6.07) is 2.16. The first kappa shape index (κ1) is 13.7. The summed E-state index contributed by atoms with van der Waals surface area (Å²) in [7, 11) is 0. The number of fused-ring (bicyclic) bond motifs is 1. The van der Waals surface area contributed by atoms with Gasteiger partial charge in [-0.15, -0.1) is 11.3 Å². The van der Waals surface area contributed by atoms with Crippen LogP contribution in [-0.4, -0.2) is 23.3 Å². The van der Waals surface area contributed by atoms with Crippen molar-refractivity contribution in [2.24, 2.45) is 0 Å². The van der Waals surface area contributed by atoms with Gasteiger partial charge in [0.1, 0.15) is 12.1 Å². The van der Waals surface area contributed by atoms with Crippen LogP contribution in [0.5, 0.6) is 0 Å². The van der Waals surface area contributed by atoms with Gasteiger partial charge in [-0.3, -0.25) is 0 Å². The van der Waals surface area contributed by atoms with E-state index in [9.17, 15) is 0 Å². The standard InChI is InChI=1S/C14H19N3O2S/c1-3-10(18-4-2)13-16-14(19-17-13)12-9-6-8-20-11(9)5-7-15-12/h6,8,10,12,15H,3-5,7H2,1-2H3. The predicted molar refractivity (Wildman–Crippen MR) is 76.8 cm³/mol. The van der Waals surface area contributed by atoms with Crippen LogP contribution in [0.3, 0.4) is 0 Å². The molecule has 0 aliphatic carbocycles. The zero-order valence-electron chi connectivity index (χ0n) is 11.8. The van der Waals surface area contributed by atoms with Gasteiger partial charge in [-0.05, 0) is 36.8 Å². The van der Waals surface area contributed by atoms with E-state index in [1.807, 2.05) is 6.92 Å². The Balaban J connectivity index is 1.84. The Morgan fingerprint density at radius 1 is 1.55 bits per heavy atom. The smallest absolute Gasteiger partial charge is 0.248 e. The van der Waals surface area contributed by atoms with Crippen LogP contribution in [0.4, 0.5) is 0 Å². The molecule has 20 heavy (non-hydrogen) atoms. The average molecular weight is 293 g/mol. The lowest BCUT2D eigenvalue weighted by molar-refractivity contribution is 0.0518. The molecule has 0 spiro atoms. The van der Waals surface area contributed by atoms with Crippen LogP contribution in [0, 0.1) is 0 Å². The van der Waals surface area contributed by atoms with E-state index < -0.39 is 0 Å². The van der Waals surface area contributed by atoms with Crippen molar-refractivity contribution < 1.29 is 9.26 Å². The number of hydrogen-bond donors (Lipinski definition) is 1. The summed E-state index contributed by atoms with van der Waals surface area (Å²) in [6.07, 6.45) is 1.83. The van der Waals surface area contributed by atoms with Crippen molar-refractivity contribution in [3.05, 3.63) is 33.6 Å². The molecule has 5 nitrogen and oxygen atoms in total. The highest BCUT2D eigenvalue weighted by atomic mass is 32.1. The van der Waals surface area contributed by atoms with Crippen molar-refractivity contribution in [1.29, 1.82) is 0 Å². The summed E-state index contributed by atoms with van der Waals surface area (Å²) in [5.41, 5.74) is 1.26. The first-order valence-corrected chi connectivity index (χ1v) is 7.96. The second kappa shape index (κ2) is 6.03. The molecule has 108 valence electrons. The molecule has 1 aliphatic heterocycles. The molecule has 1 aliphatic rings. The van der Waals surface area contributed by atoms with Gasteiger partial charge in [-0.2, -0.15) is 4.98 Å². The molecule has 3 rings (SSSR count). The summed E-state index contributed by atoms with van der Waals surface area (Å²) in [5, 5.41) is 9.66. The Morgan fingerprint density at radius 2 is 2.45 bits per heavy atom. The van der Waals surface area contributed by atoms with Gasteiger partial charge in [0, 0.05) is 18.0 Å². The zero-order valence-corrected chi connectivity index (χ0v) is 12.6. The van der Waals surface area contributed by atoms with Crippen LogP contribution in [0.15, 0.2) is 16.0 Å². The molecule has 0 saturated heterocycles. The molecule has 1 N–H and O–H groups in total. The van der Waals surface area contributed by atoms with Crippen molar-refractivity contribution in [2.75, 3.05) is 13.2 Å². The first-order chi connectivity index (χ1) is 9.83. The van der Waals surface area contributed by atoms with Gasteiger partial charge in [0.2, 0.25) is 11.7 Å². The first-order valence-electron chi connectivity index (χ1n) is 7.08. The lowest BCUT2D eigenvalue weighted by atomic mass is 10.0. The molecule has 0 aromatic carbocycles. The maximum Gasteiger partial charge on any atom is 0.248 e. The lowest BCUT2D eigenvalue weighted by Crippen LogP contribution is -2.29. The van der Waals surface area contributed by atoms with Gasteiger partial charge in [0.25, 0.3) is 0 Å². The van der Waals surface area contributed by atoms with E-state index in [1.54, 1.807) is 11.3 Å². The van der Waals surface area contributed by atoms with Crippen LogP contribution >= 0.6 is 11.3 Å². The van der Waals surface area contributed by atoms with E-state index in [0.29, 0.717) is 18.3 Å². The fraction of sp³-hybridized carbons (Fsp3) is 0.571. The van der Waals surface area contributed by atoms with Gasteiger partial charge in [-0.25, -0.2) is 0 Å². The molecule has 0 fully saturated rings. The summed E-state index contributed by atoms with van der Waals surface area (Å²) in [4.78, 5) is 5.95. The third-order valence-electron chi connectivity index (χ3n) is 3.52. The molecule has 2 aromatic rings. The van der Waals surface area contributed by atoms with Crippen LogP contribution in [0.25, 0.3) is 0 Å². The molecule has 2 atom stereocenters. The van der Waals surface area contributed by atoms with Gasteiger partial charge >= 0.3 is 0 Å². The zero-order chi connectivity index (χ0) is 13.9. The Kier molecular flexibility index (Phi) is 4.14. The predicted octanol–water partition coefficient (Wildman–Crippen LogP) is 2.85. The molecule has 0 saturated carbocycles. The van der Waals surface area contributed by atoms with E-state index in [0.717, 1.165) is 19.4 Å². The molecule has 2 aromatic heterocycles. The molecular formula is C14H19N3O2S. The molecule has 2 unspecified atom stereocenters. The second-order valence-electron chi connectivity index (χ2n) is 4.78. The molecular weight excluding hydrogens is 274 g/mol. The molecule has 3 heterocycles. The maximum absolute atomic E-state index is 5.63. The molecule has 0 bridgehead atoms. The van der Waals surface area contributed by atoms with Crippen LogP contribution < -0.4 is 5.32 Å². The number of nitrogens with zero attached hydrogens (tertiary/aromatic N) is 2. The van der Waals surface area contributed by atoms with Gasteiger partial charge in [0.05, 0.1) is 0 Å². The molecule has 6 heteroatoms. The number of ether oxygens (including phenoxy) is 1. The number of hydrogen-bond acceptors (Lipinski definition) is 6. The van der Waals surface area contributed by atoms with Gasteiger partial charge < -0.3 is 14.6 Å². The quantitative estimate of drug-likeness (QED) is 0.918. The highest BCUT2D eigenvalue weighted by molar-refractivity contribution is 7.10. The number of aromatic nitrogens is 2. The number of rotatable bonds is 5.